The summed E-state index contributed by atoms with van der Waals surface area (Å²) in [6.07, 6.45) is 3.68. The van der Waals surface area contributed by atoms with Gasteiger partial charge in [0, 0.05) is 31.5 Å². The topological polar surface area (TPSA) is 62.3 Å². The van der Waals surface area contributed by atoms with Crippen LogP contribution in [0, 0.1) is 0 Å². The summed E-state index contributed by atoms with van der Waals surface area (Å²) < 4.78 is 12.7. The maximum absolute atomic E-state index is 5.93. The van der Waals surface area contributed by atoms with E-state index in [2.05, 4.69) is 4.98 Å². The van der Waals surface area contributed by atoms with Crippen LogP contribution < -0.4 is 15.2 Å². The fraction of sp³-hybridized carbons (Fsp3) is 0.357. The molecule has 0 saturated carbocycles. The fourth-order valence-corrected chi connectivity index (χ4v) is 2.20. The van der Waals surface area contributed by atoms with Gasteiger partial charge in [-0.2, -0.15) is 0 Å². The third-order valence-corrected chi connectivity index (χ3v) is 3.22. The molecule has 0 fully saturated rings. The van der Waals surface area contributed by atoms with Gasteiger partial charge >= 0.3 is 0 Å². The zero-order valence-electron chi connectivity index (χ0n) is 11.5. The smallest absolute Gasteiger partial charge is 0.123 e. The molecule has 1 aromatic carbocycles. The number of hydrogen-bond acceptors (Lipinski definition) is 4. The lowest BCUT2D eigenvalue weighted by atomic mass is 9.97. The van der Waals surface area contributed by atoms with E-state index in [-0.39, 0.29) is 5.92 Å². The van der Waals surface area contributed by atoms with Crippen molar-refractivity contribution in [3.63, 3.8) is 0 Å². The number of aromatic nitrogens is 2. The highest BCUT2D eigenvalue weighted by molar-refractivity contribution is 5.45. The average molecular weight is 261 g/mol. The first-order valence-electron chi connectivity index (χ1n) is 6.10. The summed E-state index contributed by atoms with van der Waals surface area (Å²) in [7, 11) is 5.25. The summed E-state index contributed by atoms with van der Waals surface area (Å²) >= 11 is 0. The van der Waals surface area contributed by atoms with Gasteiger partial charge in [-0.1, -0.05) is 0 Å². The standard InChI is InChI=1S/C14H19N3O2/c1-17-7-6-16-14(17)12(9-15)11-8-10(18-2)4-5-13(11)19-3/h4-8,12H,9,15H2,1-3H3. The summed E-state index contributed by atoms with van der Waals surface area (Å²) in [5, 5.41) is 0. The molecule has 5 nitrogen and oxygen atoms in total. The van der Waals surface area contributed by atoms with Gasteiger partial charge < -0.3 is 19.8 Å². The number of benzene rings is 1. The van der Waals surface area contributed by atoms with E-state index >= 15 is 0 Å². The number of rotatable bonds is 5. The molecule has 19 heavy (non-hydrogen) atoms. The normalized spacial score (nSPS) is 12.2. The first-order chi connectivity index (χ1) is 9.21. The van der Waals surface area contributed by atoms with E-state index < -0.39 is 0 Å². The zero-order chi connectivity index (χ0) is 13.8. The summed E-state index contributed by atoms with van der Waals surface area (Å²) in [4.78, 5) is 4.38. The maximum Gasteiger partial charge on any atom is 0.123 e. The Hall–Kier alpha value is -2.01. The molecule has 0 aliphatic heterocycles. The molecule has 2 rings (SSSR count). The molecule has 0 bridgehead atoms. The van der Waals surface area contributed by atoms with Crippen LogP contribution in [-0.2, 0) is 7.05 Å². The minimum Gasteiger partial charge on any atom is -0.497 e. The van der Waals surface area contributed by atoms with Crippen LogP contribution in [0.2, 0.25) is 0 Å². The molecule has 102 valence electrons. The Kier molecular flexibility index (Phi) is 4.06. The Morgan fingerprint density at radius 1 is 1.32 bits per heavy atom. The SMILES string of the molecule is COc1ccc(OC)c(C(CN)c2nccn2C)c1. The average Bonchev–Trinajstić information content (AvgIpc) is 2.86. The summed E-state index contributed by atoms with van der Waals surface area (Å²) in [5.74, 6) is 2.46. The highest BCUT2D eigenvalue weighted by Gasteiger charge is 2.21. The van der Waals surface area contributed by atoms with Crippen LogP contribution in [0.4, 0.5) is 0 Å². The minimum atomic E-state index is -0.0231. The highest BCUT2D eigenvalue weighted by Crippen LogP contribution is 2.33. The summed E-state index contributed by atoms with van der Waals surface area (Å²) in [6.45, 7) is 0.453. The van der Waals surface area contributed by atoms with E-state index in [1.165, 1.54) is 0 Å². The van der Waals surface area contributed by atoms with Gasteiger partial charge in [-0.25, -0.2) is 4.98 Å². The van der Waals surface area contributed by atoms with Crippen molar-refractivity contribution in [2.45, 2.75) is 5.92 Å². The third kappa shape index (κ3) is 2.56. The van der Waals surface area contributed by atoms with E-state index in [4.69, 9.17) is 15.2 Å². The second-order valence-corrected chi connectivity index (χ2v) is 4.29. The van der Waals surface area contributed by atoms with Crippen molar-refractivity contribution >= 4 is 0 Å². The van der Waals surface area contributed by atoms with Crippen molar-refractivity contribution in [3.8, 4) is 11.5 Å². The van der Waals surface area contributed by atoms with Crippen LogP contribution in [0.15, 0.2) is 30.6 Å². The Morgan fingerprint density at radius 2 is 2.11 bits per heavy atom. The van der Waals surface area contributed by atoms with Gasteiger partial charge in [-0.3, -0.25) is 0 Å². The van der Waals surface area contributed by atoms with E-state index in [1.54, 1.807) is 20.4 Å². The number of methoxy groups -OCH3 is 2. The number of ether oxygens (including phenoxy) is 2. The zero-order valence-corrected chi connectivity index (χ0v) is 11.5. The van der Waals surface area contributed by atoms with E-state index in [0.29, 0.717) is 6.54 Å². The van der Waals surface area contributed by atoms with Crippen molar-refractivity contribution in [1.29, 1.82) is 0 Å². The molecule has 1 heterocycles. The third-order valence-electron chi connectivity index (χ3n) is 3.22. The molecule has 0 spiro atoms. The van der Waals surface area contributed by atoms with Gasteiger partial charge in [-0.15, -0.1) is 0 Å². The van der Waals surface area contributed by atoms with Crippen LogP contribution in [0.3, 0.4) is 0 Å². The minimum absolute atomic E-state index is 0.0231. The molecule has 2 N–H and O–H groups in total. The molecular weight excluding hydrogens is 242 g/mol. The Bertz CT molecular complexity index is 551. The maximum atomic E-state index is 5.93. The van der Waals surface area contributed by atoms with Gasteiger partial charge in [-0.05, 0) is 18.2 Å². The summed E-state index contributed by atoms with van der Waals surface area (Å²) in [6, 6.07) is 5.71. The van der Waals surface area contributed by atoms with Gasteiger partial charge in [0.1, 0.15) is 17.3 Å². The van der Waals surface area contributed by atoms with Crippen LogP contribution >= 0.6 is 0 Å². The van der Waals surface area contributed by atoms with Crippen LogP contribution in [0.1, 0.15) is 17.3 Å². The van der Waals surface area contributed by atoms with Crippen molar-refractivity contribution < 1.29 is 9.47 Å². The Morgan fingerprint density at radius 3 is 2.63 bits per heavy atom. The molecule has 0 amide bonds. The molecule has 0 aliphatic carbocycles. The van der Waals surface area contributed by atoms with Gasteiger partial charge in [0.15, 0.2) is 0 Å². The molecule has 0 saturated heterocycles. The molecular formula is C14H19N3O2. The molecule has 0 radical (unpaired) electrons. The van der Waals surface area contributed by atoms with Crippen LogP contribution in [0.5, 0.6) is 11.5 Å². The lowest BCUT2D eigenvalue weighted by molar-refractivity contribution is 0.396. The van der Waals surface area contributed by atoms with Gasteiger partial charge in [0.2, 0.25) is 0 Å². The predicted molar refractivity (Wildman–Crippen MR) is 73.7 cm³/mol. The second kappa shape index (κ2) is 5.75. The molecule has 5 heteroatoms. The van der Waals surface area contributed by atoms with E-state index in [9.17, 15) is 0 Å². The number of aryl methyl sites for hydroxylation is 1. The predicted octanol–water partition coefficient (Wildman–Crippen LogP) is 1.53. The first kappa shape index (κ1) is 13.4. The van der Waals surface area contributed by atoms with Crippen molar-refractivity contribution in [1.82, 2.24) is 9.55 Å². The number of nitrogens with two attached hydrogens (primary N) is 1. The largest absolute Gasteiger partial charge is 0.497 e. The molecule has 1 aromatic heterocycles. The van der Waals surface area contributed by atoms with Gasteiger partial charge in [0.25, 0.3) is 0 Å². The molecule has 1 unspecified atom stereocenters. The van der Waals surface area contributed by atoms with Crippen LogP contribution in [-0.4, -0.2) is 30.3 Å². The molecule has 1 atom stereocenters. The van der Waals surface area contributed by atoms with Crippen molar-refractivity contribution in [2.24, 2.45) is 12.8 Å². The highest BCUT2D eigenvalue weighted by atomic mass is 16.5. The van der Waals surface area contributed by atoms with Gasteiger partial charge in [0.05, 0.1) is 20.1 Å². The monoisotopic (exact) mass is 261 g/mol. The lowest BCUT2D eigenvalue weighted by Crippen LogP contribution is -2.18. The molecule has 2 aromatic rings. The second-order valence-electron chi connectivity index (χ2n) is 4.29. The summed E-state index contributed by atoms with van der Waals surface area (Å²) in [5.41, 5.74) is 6.92. The molecule has 0 aliphatic rings. The van der Waals surface area contributed by atoms with Crippen LogP contribution in [0.25, 0.3) is 0 Å². The van der Waals surface area contributed by atoms with Crippen molar-refractivity contribution in [2.75, 3.05) is 20.8 Å². The Labute approximate surface area is 113 Å². The quantitative estimate of drug-likeness (QED) is 0.886. The van der Waals surface area contributed by atoms with Crippen molar-refractivity contribution in [3.05, 3.63) is 42.0 Å². The number of nitrogens with zero attached hydrogens (tertiary/aromatic N) is 2. The first-order valence-corrected chi connectivity index (χ1v) is 6.10. The lowest BCUT2D eigenvalue weighted by Gasteiger charge is -2.19. The Balaban J connectivity index is 2.51. The number of hydrogen-bond donors (Lipinski definition) is 1. The fourth-order valence-electron chi connectivity index (χ4n) is 2.20. The number of imidazole rings is 1. The van der Waals surface area contributed by atoms with E-state index in [1.807, 2.05) is 36.0 Å². The van der Waals surface area contributed by atoms with E-state index in [0.717, 1.165) is 22.9 Å².